The molecule has 7 nitrogen and oxygen atoms in total. The first-order chi connectivity index (χ1) is 9.95. The molecule has 2 heterocycles. The molecule has 0 saturated carbocycles. The van der Waals surface area contributed by atoms with Crippen molar-refractivity contribution in [2.24, 2.45) is 7.05 Å². The Morgan fingerprint density at radius 3 is 2.86 bits per heavy atom. The molecule has 0 aliphatic carbocycles. The lowest BCUT2D eigenvalue weighted by Crippen LogP contribution is -2.29. The van der Waals surface area contributed by atoms with Crippen LogP contribution in [0, 0.1) is 0 Å². The quantitative estimate of drug-likeness (QED) is 0.812. The molecule has 8 heteroatoms. The van der Waals surface area contributed by atoms with E-state index in [0.29, 0.717) is 35.2 Å². The Labute approximate surface area is 125 Å². The number of aromatic amines is 1. The first kappa shape index (κ1) is 15.1. The fourth-order valence-electron chi connectivity index (χ4n) is 1.93. The lowest BCUT2D eigenvalue weighted by atomic mass is 10.4. The van der Waals surface area contributed by atoms with Gasteiger partial charge in [0.25, 0.3) is 5.56 Å². The number of allylic oxidation sites excluding steroid dienone is 2. The van der Waals surface area contributed by atoms with E-state index in [1.165, 1.54) is 4.57 Å². The summed E-state index contributed by atoms with van der Waals surface area (Å²) in [5, 5.41) is 3.65. The molecule has 0 unspecified atom stereocenters. The van der Waals surface area contributed by atoms with Gasteiger partial charge in [0.15, 0.2) is 11.2 Å². The molecule has 0 bridgehead atoms. The summed E-state index contributed by atoms with van der Waals surface area (Å²) in [5.74, 6) is 0.478. The van der Waals surface area contributed by atoms with E-state index in [2.05, 4.69) is 21.9 Å². The van der Waals surface area contributed by atoms with Crippen molar-refractivity contribution in [1.29, 1.82) is 0 Å². The van der Waals surface area contributed by atoms with Crippen LogP contribution in [0.3, 0.4) is 0 Å². The van der Waals surface area contributed by atoms with Gasteiger partial charge in [-0.2, -0.15) is 4.98 Å². The van der Waals surface area contributed by atoms with E-state index in [4.69, 9.17) is 11.6 Å². The molecular weight excluding hydrogens is 294 g/mol. The number of hydrogen-bond acceptors (Lipinski definition) is 4. The molecule has 0 radical (unpaired) electrons. The van der Waals surface area contributed by atoms with Gasteiger partial charge in [0.1, 0.15) is 0 Å². The van der Waals surface area contributed by atoms with Gasteiger partial charge in [-0.15, -0.1) is 6.58 Å². The van der Waals surface area contributed by atoms with Crippen LogP contribution in [0.5, 0.6) is 0 Å². The number of anilines is 1. The molecule has 2 N–H and O–H groups in total. The molecule has 21 heavy (non-hydrogen) atoms. The van der Waals surface area contributed by atoms with Gasteiger partial charge < -0.3 is 9.88 Å². The highest BCUT2D eigenvalue weighted by molar-refractivity contribution is 6.29. The Hall–Kier alpha value is -2.28. The highest BCUT2D eigenvalue weighted by atomic mass is 35.5. The molecule has 2 rings (SSSR count). The van der Waals surface area contributed by atoms with Gasteiger partial charge in [0.2, 0.25) is 5.95 Å². The van der Waals surface area contributed by atoms with Gasteiger partial charge in [-0.25, -0.2) is 4.79 Å². The van der Waals surface area contributed by atoms with Crippen molar-refractivity contribution in [3.8, 4) is 0 Å². The number of aryl methyl sites for hydroxylation is 1. The Morgan fingerprint density at radius 1 is 1.52 bits per heavy atom. The molecule has 0 aliphatic rings. The van der Waals surface area contributed by atoms with Crippen LogP contribution in [0.25, 0.3) is 11.2 Å². The molecule has 0 saturated heterocycles. The minimum atomic E-state index is -0.503. The summed E-state index contributed by atoms with van der Waals surface area (Å²) in [5.41, 5.74) is -0.349. The highest BCUT2D eigenvalue weighted by Gasteiger charge is 2.16. The molecule has 0 atom stereocenters. The third-order valence-corrected chi connectivity index (χ3v) is 3.12. The van der Waals surface area contributed by atoms with E-state index < -0.39 is 11.2 Å². The SMILES string of the molecule is C=CCNc1nc2c(c(=O)[nH]c(=O)n2C)n1CC=C(C)Cl. The maximum Gasteiger partial charge on any atom is 0.329 e. The van der Waals surface area contributed by atoms with E-state index >= 15 is 0 Å². The molecule has 0 amide bonds. The number of halogens is 1. The second-order valence-corrected chi connectivity index (χ2v) is 5.09. The summed E-state index contributed by atoms with van der Waals surface area (Å²) in [4.78, 5) is 30.3. The predicted molar refractivity (Wildman–Crippen MR) is 83.9 cm³/mol. The number of rotatable bonds is 5. The van der Waals surface area contributed by atoms with Crippen molar-refractivity contribution in [1.82, 2.24) is 19.1 Å². The highest BCUT2D eigenvalue weighted by Crippen LogP contribution is 2.16. The number of H-pyrrole nitrogens is 1. The topological polar surface area (TPSA) is 84.7 Å². The van der Waals surface area contributed by atoms with Crippen LogP contribution < -0.4 is 16.6 Å². The van der Waals surface area contributed by atoms with E-state index in [0.717, 1.165) is 0 Å². The molecule has 2 aromatic rings. The number of fused-ring (bicyclic) bond motifs is 1. The molecule has 0 fully saturated rings. The van der Waals surface area contributed by atoms with Crippen molar-refractivity contribution >= 4 is 28.7 Å². The van der Waals surface area contributed by atoms with Gasteiger partial charge >= 0.3 is 5.69 Å². The number of nitrogens with one attached hydrogen (secondary N) is 2. The summed E-state index contributed by atoms with van der Waals surface area (Å²) in [6.07, 6.45) is 3.43. The Kier molecular flexibility index (Phi) is 4.32. The largest absolute Gasteiger partial charge is 0.352 e. The molecule has 2 aromatic heterocycles. The monoisotopic (exact) mass is 309 g/mol. The van der Waals surface area contributed by atoms with Crippen LogP contribution in [0.1, 0.15) is 6.92 Å². The third kappa shape index (κ3) is 2.92. The van der Waals surface area contributed by atoms with E-state index in [9.17, 15) is 9.59 Å². The Balaban J connectivity index is 2.73. The Bertz CT molecular complexity index is 823. The fourth-order valence-corrected chi connectivity index (χ4v) is 2.00. The summed E-state index contributed by atoms with van der Waals surface area (Å²) in [7, 11) is 1.55. The van der Waals surface area contributed by atoms with E-state index in [1.807, 2.05) is 0 Å². The average Bonchev–Trinajstić information content (AvgIpc) is 2.79. The normalized spacial score (nSPS) is 11.9. The number of imidazole rings is 1. The van der Waals surface area contributed by atoms with Gasteiger partial charge in [0, 0.05) is 25.2 Å². The van der Waals surface area contributed by atoms with Crippen molar-refractivity contribution in [3.63, 3.8) is 0 Å². The van der Waals surface area contributed by atoms with E-state index in [1.54, 1.807) is 30.7 Å². The molecule has 0 spiro atoms. The summed E-state index contributed by atoms with van der Waals surface area (Å²) in [6, 6.07) is 0. The lowest BCUT2D eigenvalue weighted by molar-refractivity contribution is 0.818. The van der Waals surface area contributed by atoms with Crippen molar-refractivity contribution in [2.45, 2.75) is 13.5 Å². The van der Waals surface area contributed by atoms with Crippen molar-refractivity contribution in [3.05, 3.63) is 44.6 Å². The minimum Gasteiger partial charge on any atom is -0.352 e. The van der Waals surface area contributed by atoms with Crippen molar-refractivity contribution in [2.75, 3.05) is 11.9 Å². The Morgan fingerprint density at radius 2 is 2.24 bits per heavy atom. The van der Waals surface area contributed by atoms with Crippen molar-refractivity contribution < 1.29 is 0 Å². The molecular formula is C13H16ClN5O2. The van der Waals surface area contributed by atoms with Crippen LogP contribution in [0.2, 0.25) is 0 Å². The van der Waals surface area contributed by atoms with Crippen LogP contribution in [-0.2, 0) is 13.6 Å². The van der Waals surface area contributed by atoms with Crippen LogP contribution in [0.4, 0.5) is 5.95 Å². The summed E-state index contributed by atoms with van der Waals surface area (Å²) in [6.45, 7) is 6.23. The second kappa shape index (κ2) is 6.01. The molecule has 0 aromatic carbocycles. The third-order valence-electron chi connectivity index (χ3n) is 2.97. The molecule has 0 aliphatic heterocycles. The summed E-state index contributed by atoms with van der Waals surface area (Å²) < 4.78 is 2.96. The van der Waals surface area contributed by atoms with Gasteiger partial charge in [0.05, 0.1) is 0 Å². The number of nitrogens with zero attached hydrogens (tertiary/aromatic N) is 3. The average molecular weight is 310 g/mol. The number of aromatic nitrogens is 4. The number of hydrogen-bond donors (Lipinski definition) is 2. The lowest BCUT2D eigenvalue weighted by Gasteiger charge is -2.06. The van der Waals surface area contributed by atoms with E-state index in [-0.39, 0.29) is 0 Å². The molecule has 112 valence electrons. The van der Waals surface area contributed by atoms with Gasteiger partial charge in [-0.05, 0) is 6.92 Å². The van der Waals surface area contributed by atoms with Crippen LogP contribution >= 0.6 is 11.6 Å². The smallest absolute Gasteiger partial charge is 0.329 e. The first-order valence-electron chi connectivity index (χ1n) is 6.32. The second-order valence-electron chi connectivity index (χ2n) is 4.50. The standard InChI is InChI=1S/C13H16ClN5O2/c1-4-6-15-12-16-10-9(19(12)7-5-8(2)14)11(20)17-13(21)18(10)3/h4-5H,1,6-7H2,2-3H3,(H,15,16)(H,17,20,21). The maximum absolute atomic E-state index is 12.1. The minimum absolute atomic E-state index is 0.316. The fraction of sp³-hybridized carbons (Fsp3) is 0.308. The first-order valence-corrected chi connectivity index (χ1v) is 6.70. The van der Waals surface area contributed by atoms with Crippen LogP contribution in [-0.4, -0.2) is 25.6 Å². The predicted octanol–water partition coefficient (Wildman–Crippen LogP) is 1.16. The zero-order chi connectivity index (χ0) is 15.6. The zero-order valence-electron chi connectivity index (χ0n) is 11.8. The summed E-state index contributed by atoms with van der Waals surface area (Å²) >= 11 is 5.85. The van der Waals surface area contributed by atoms with Gasteiger partial charge in [-0.1, -0.05) is 23.8 Å². The van der Waals surface area contributed by atoms with Gasteiger partial charge in [-0.3, -0.25) is 14.3 Å². The zero-order valence-corrected chi connectivity index (χ0v) is 12.6. The maximum atomic E-state index is 12.1. The van der Waals surface area contributed by atoms with Crippen LogP contribution in [0.15, 0.2) is 33.4 Å².